The Hall–Kier alpha value is -3.27. The second-order valence-electron chi connectivity index (χ2n) is 6.62. The maximum absolute atomic E-state index is 11.7. The molecule has 4 heteroatoms. The van der Waals surface area contributed by atoms with Crippen molar-refractivity contribution in [3.05, 3.63) is 95.6 Å². The van der Waals surface area contributed by atoms with E-state index in [2.05, 4.69) is 0 Å². The molecule has 0 atom stereocenters. The van der Waals surface area contributed by atoms with Crippen LogP contribution in [-0.4, -0.2) is 12.6 Å². The van der Waals surface area contributed by atoms with E-state index in [9.17, 15) is 4.79 Å². The van der Waals surface area contributed by atoms with Gasteiger partial charge in [-0.05, 0) is 36.1 Å². The summed E-state index contributed by atoms with van der Waals surface area (Å²) in [6, 6.07) is 25.8. The van der Waals surface area contributed by atoms with Crippen LogP contribution >= 0.6 is 0 Å². The first-order valence-corrected chi connectivity index (χ1v) is 9.86. The van der Waals surface area contributed by atoms with Gasteiger partial charge in [0.25, 0.3) is 0 Å². The lowest BCUT2D eigenvalue weighted by molar-refractivity contribution is -0.143. The molecule has 0 aromatic heterocycles. The van der Waals surface area contributed by atoms with E-state index in [0.29, 0.717) is 32.7 Å². The topological polar surface area (TPSA) is 44.8 Å². The van der Waals surface area contributed by atoms with Crippen molar-refractivity contribution < 1.29 is 19.0 Å². The highest BCUT2D eigenvalue weighted by atomic mass is 16.5. The molecule has 3 rings (SSSR count). The van der Waals surface area contributed by atoms with Crippen molar-refractivity contribution in [2.75, 3.05) is 6.61 Å². The lowest BCUT2D eigenvalue weighted by Crippen LogP contribution is -2.06. The van der Waals surface area contributed by atoms with Gasteiger partial charge in [0.1, 0.15) is 24.7 Å². The predicted molar refractivity (Wildman–Crippen MR) is 113 cm³/mol. The Bertz CT molecular complexity index is 891. The van der Waals surface area contributed by atoms with E-state index in [1.165, 1.54) is 0 Å². The van der Waals surface area contributed by atoms with Crippen molar-refractivity contribution in [3.8, 4) is 11.5 Å². The van der Waals surface area contributed by atoms with Crippen molar-refractivity contribution in [2.45, 2.75) is 33.0 Å². The maximum atomic E-state index is 11.7. The lowest BCUT2D eigenvalue weighted by Gasteiger charge is -2.14. The van der Waals surface area contributed by atoms with E-state index in [4.69, 9.17) is 14.2 Å². The summed E-state index contributed by atoms with van der Waals surface area (Å²) in [5, 5.41) is 0. The van der Waals surface area contributed by atoms with Gasteiger partial charge < -0.3 is 14.2 Å². The molecular weight excluding hydrogens is 364 g/mol. The number of esters is 1. The first kappa shape index (κ1) is 20.5. The second-order valence-corrected chi connectivity index (χ2v) is 6.62. The van der Waals surface area contributed by atoms with E-state index in [0.717, 1.165) is 28.2 Å². The molecule has 0 heterocycles. The molecule has 0 aliphatic heterocycles. The van der Waals surface area contributed by atoms with Crippen LogP contribution in [0, 0.1) is 0 Å². The second kappa shape index (κ2) is 10.9. The van der Waals surface area contributed by atoms with Crippen LogP contribution in [0.2, 0.25) is 0 Å². The number of rotatable bonds is 10. The first-order valence-electron chi connectivity index (χ1n) is 9.86. The molecule has 3 aromatic carbocycles. The molecule has 0 radical (unpaired) electrons. The molecule has 150 valence electrons. The van der Waals surface area contributed by atoms with Gasteiger partial charge in [0, 0.05) is 12.5 Å². The molecule has 0 saturated heterocycles. The molecular formula is C25H26O4. The minimum Gasteiger partial charge on any atom is -0.489 e. The largest absolute Gasteiger partial charge is 0.489 e. The van der Waals surface area contributed by atoms with Gasteiger partial charge in [-0.25, -0.2) is 0 Å². The summed E-state index contributed by atoms with van der Waals surface area (Å²) in [5.41, 5.74) is 3.14. The van der Waals surface area contributed by atoms with Gasteiger partial charge >= 0.3 is 5.97 Å². The SMILES string of the molecule is CCOC(=O)CCc1ccc(OCc2ccccc2)cc1OCc1ccccc1. The quantitative estimate of drug-likeness (QED) is 0.438. The average molecular weight is 390 g/mol. The fourth-order valence-electron chi connectivity index (χ4n) is 2.91. The predicted octanol–water partition coefficient (Wildman–Crippen LogP) is 5.34. The third-order valence-electron chi connectivity index (χ3n) is 4.43. The zero-order valence-corrected chi connectivity index (χ0v) is 16.7. The maximum Gasteiger partial charge on any atom is 0.306 e. The van der Waals surface area contributed by atoms with Crippen molar-refractivity contribution >= 4 is 5.97 Å². The van der Waals surface area contributed by atoms with Crippen molar-refractivity contribution in [2.24, 2.45) is 0 Å². The molecule has 0 aliphatic rings. The summed E-state index contributed by atoms with van der Waals surface area (Å²) in [5.74, 6) is 1.26. The van der Waals surface area contributed by atoms with Crippen LogP contribution in [0.4, 0.5) is 0 Å². The summed E-state index contributed by atoms with van der Waals surface area (Å²) in [6.07, 6.45) is 0.877. The Labute approximate surface area is 172 Å². The van der Waals surface area contributed by atoms with Gasteiger partial charge in [-0.15, -0.1) is 0 Å². The molecule has 0 spiro atoms. The number of hydrogen-bond acceptors (Lipinski definition) is 4. The third kappa shape index (κ3) is 6.68. The number of hydrogen-bond donors (Lipinski definition) is 0. The van der Waals surface area contributed by atoms with Gasteiger partial charge in [0.05, 0.1) is 6.61 Å². The van der Waals surface area contributed by atoms with Crippen LogP contribution in [0.25, 0.3) is 0 Å². The van der Waals surface area contributed by atoms with Gasteiger partial charge in [0.2, 0.25) is 0 Å². The number of benzene rings is 3. The highest BCUT2D eigenvalue weighted by molar-refractivity contribution is 5.69. The molecule has 0 saturated carbocycles. The molecule has 29 heavy (non-hydrogen) atoms. The molecule has 0 amide bonds. The minimum atomic E-state index is -0.203. The van der Waals surface area contributed by atoms with Crippen molar-refractivity contribution in [1.82, 2.24) is 0 Å². The van der Waals surface area contributed by atoms with Gasteiger partial charge in [0.15, 0.2) is 0 Å². The van der Waals surface area contributed by atoms with E-state index in [1.807, 2.05) is 85.8 Å². The van der Waals surface area contributed by atoms with E-state index >= 15 is 0 Å². The smallest absolute Gasteiger partial charge is 0.306 e. The minimum absolute atomic E-state index is 0.203. The van der Waals surface area contributed by atoms with Crippen molar-refractivity contribution in [1.29, 1.82) is 0 Å². The average Bonchev–Trinajstić information content (AvgIpc) is 2.77. The summed E-state index contributed by atoms with van der Waals surface area (Å²) < 4.78 is 17.0. The molecule has 0 fully saturated rings. The lowest BCUT2D eigenvalue weighted by atomic mass is 10.1. The van der Waals surface area contributed by atoms with Crippen LogP contribution in [0.5, 0.6) is 11.5 Å². The normalized spacial score (nSPS) is 10.4. The Morgan fingerprint density at radius 1 is 0.793 bits per heavy atom. The zero-order chi connectivity index (χ0) is 20.3. The standard InChI is InChI=1S/C25H26O4/c1-2-27-25(26)16-14-22-13-15-23(28-18-20-9-5-3-6-10-20)17-24(22)29-19-21-11-7-4-8-12-21/h3-13,15,17H,2,14,16,18-19H2,1H3. The molecule has 0 N–H and O–H groups in total. The highest BCUT2D eigenvalue weighted by Gasteiger charge is 2.10. The fraction of sp³-hybridized carbons (Fsp3) is 0.240. The summed E-state index contributed by atoms with van der Waals surface area (Å²) in [7, 11) is 0. The Morgan fingerprint density at radius 3 is 2.03 bits per heavy atom. The molecule has 0 bridgehead atoms. The van der Waals surface area contributed by atoms with Crippen molar-refractivity contribution in [3.63, 3.8) is 0 Å². The Balaban J connectivity index is 1.70. The Kier molecular flexibility index (Phi) is 7.70. The number of carbonyl (C=O) groups is 1. The van der Waals surface area contributed by atoms with Crippen LogP contribution in [0.3, 0.4) is 0 Å². The van der Waals surface area contributed by atoms with Crippen LogP contribution in [0.15, 0.2) is 78.9 Å². The summed E-state index contributed by atoms with van der Waals surface area (Å²) in [6.45, 7) is 3.14. The number of ether oxygens (including phenoxy) is 3. The molecule has 0 unspecified atom stereocenters. The van der Waals surface area contributed by atoms with Crippen LogP contribution < -0.4 is 9.47 Å². The fourth-order valence-corrected chi connectivity index (χ4v) is 2.91. The van der Waals surface area contributed by atoms with Crippen LogP contribution in [-0.2, 0) is 29.2 Å². The van der Waals surface area contributed by atoms with Gasteiger partial charge in [-0.3, -0.25) is 4.79 Å². The molecule has 4 nitrogen and oxygen atoms in total. The highest BCUT2D eigenvalue weighted by Crippen LogP contribution is 2.28. The van der Waals surface area contributed by atoms with Crippen LogP contribution in [0.1, 0.15) is 30.0 Å². The van der Waals surface area contributed by atoms with Gasteiger partial charge in [-0.1, -0.05) is 66.7 Å². The number of aryl methyl sites for hydroxylation is 1. The third-order valence-corrected chi connectivity index (χ3v) is 4.43. The zero-order valence-electron chi connectivity index (χ0n) is 16.7. The monoisotopic (exact) mass is 390 g/mol. The van der Waals surface area contributed by atoms with Gasteiger partial charge in [-0.2, -0.15) is 0 Å². The van der Waals surface area contributed by atoms with E-state index < -0.39 is 0 Å². The first-order chi connectivity index (χ1) is 14.2. The van der Waals surface area contributed by atoms with E-state index in [-0.39, 0.29) is 5.97 Å². The summed E-state index contributed by atoms with van der Waals surface area (Å²) >= 11 is 0. The Morgan fingerprint density at radius 2 is 1.41 bits per heavy atom. The van der Waals surface area contributed by atoms with E-state index in [1.54, 1.807) is 0 Å². The molecule has 0 aliphatic carbocycles. The summed E-state index contributed by atoms with van der Waals surface area (Å²) in [4.78, 5) is 11.7. The number of carbonyl (C=O) groups excluding carboxylic acids is 1. The molecule has 3 aromatic rings.